The molecule has 0 radical (unpaired) electrons. The molecular formula is C15H26F3NO. The molecule has 118 valence electrons. The van der Waals surface area contributed by atoms with E-state index in [1.54, 1.807) is 0 Å². The van der Waals surface area contributed by atoms with Crippen molar-refractivity contribution in [2.45, 2.75) is 82.1 Å². The molecule has 0 aromatic carbocycles. The third-order valence-corrected chi connectivity index (χ3v) is 4.54. The molecule has 1 N–H and O–H groups in total. The second kappa shape index (κ2) is 7.12. The molecule has 5 heteroatoms. The Morgan fingerprint density at radius 2 is 1.80 bits per heavy atom. The van der Waals surface area contributed by atoms with E-state index >= 15 is 0 Å². The van der Waals surface area contributed by atoms with Crippen molar-refractivity contribution < 1.29 is 17.9 Å². The third-order valence-electron chi connectivity index (χ3n) is 4.54. The maximum Gasteiger partial charge on any atom is 0.389 e. The summed E-state index contributed by atoms with van der Waals surface area (Å²) in [4.78, 5) is 0. The highest BCUT2D eigenvalue weighted by Crippen LogP contribution is 2.41. The summed E-state index contributed by atoms with van der Waals surface area (Å²) < 4.78 is 42.1. The van der Waals surface area contributed by atoms with Crippen molar-refractivity contribution >= 4 is 0 Å². The van der Waals surface area contributed by atoms with Gasteiger partial charge < -0.3 is 10.1 Å². The van der Waals surface area contributed by atoms with Crippen LogP contribution in [0.3, 0.4) is 0 Å². The molecule has 1 saturated carbocycles. The van der Waals surface area contributed by atoms with E-state index in [1.165, 1.54) is 32.1 Å². The molecule has 0 amide bonds. The lowest BCUT2D eigenvalue weighted by Crippen LogP contribution is -2.34. The van der Waals surface area contributed by atoms with Gasteiger partial charge in [0.05, 0.1) is 11.7 Å². The Kier molecular flexibility index (Phi) is 5.73. The van der Waals surface area contributed by atoms with E-state index in [-0.39, 0.29) is 18.1 Å². The maximum absolute atomic E-state index is 12.0. The second-order valence-electron chi connectivity index (χ2n) is 6.30. The number of hydrogen-bond donors (Lipinski definition) is 1. The van der Waals surface area contributed by atoms with Crippen molar-refractivity contribution in [3.63, 3.8) is 0 Å². The van der Waals surface area contributed by atoms with Crippen LogP contribution in [0.1, 0.15) is 64.2 Å². The largest absolute Gasteiger partial charge is 0.389 e. The zero-order valence-corrected chi connectivity index (χ0v) is 12.1. The summed E-state index contributed by atoms with van der Waals surface area (Å²) in [6, 6.07) is 0. The summed E-state index contributed by atoms with van der Waals surface area (Å²) in [6.07, 6.45) is 4.88. The Labute approximate surface area is 119 Å². The van der Waals surface area contributed by atoms with Crippen LogP contribution in [0.2, 0.25) is 0 Å². The van der Waals surface area contributed by atoms with Crippen molar-refractivity contribution in [3.8, 4) is 0 Å². The lowest BCUT2D eigenvalue weighted by atomic mass is 9.83. The van der Waals surface area contributed by atoms with Crippen LogP contribution in [0, 0.1) is 0 Å². The van der Waals surface area contributed by atoms with Gasteiger partial charge in [0.15, 0.2) is 0 Å². The predicted molar refractivity (Wildman–Crippen MR) is 72.7 cm³/mol. The molecule has 1 atom stereocenters. The summed E-state index contributed by atoms with van der Waals surface area (Å²) in [5.41, 5.74) is 0.140. The van der Waals surface area contributed by atoms with E-state index in [9.17, 15) is 13.2 Å². The minimum absolute atomic E-state index is 0.140. The average molecular weight is 293 g/mol. The molecule has 2 rings (SSSR count). The smallest absolute Gasteiger partial charge is 0.370 e. The Morgan fingerprint density at radius 3 is 2.50 bits per heavy atom. The van der Waals surface area contributed by atoms with Crippen molar-refractivity contribution in [3.05, 3.63) is 0 Å². The van der Waals surface area contributed by atoms with Gasteiger partial charge in [-0.3, -0.25) is 0 Å². The summed E-state index contributed by atoms with van der Waals surface area (Å²) >= 11 is 0. The molecule has 0 bridgehead atoms. The fourth-order valence-electron chi connectivity index (χ4n) is 3.44. The van der Waals surface area contributed by atoms with Crippen LogP contribution < -0.4 is 5.32 Å². The highest BCUT2D eigenvalue weighted by Gasteiger charge is 2.40. The minimum Gasteiger partial charge on any atom is -0.370 e. The van der Waals surface area contributed by atoms with Crippen LogP contribution in [-0.4, -0.2) is 31.0 Å². The van der Waals surface area contributed by atoms with E-state index in [0.29, 0.717) is 13.0 Å². The number of ether oxygens (including phenoxy) is 1. The Morgan fingerprint density at radius 1 is 1.05 bits per heavy atom. The number of nitrogens with one attached hydrogen (secondary N) is 1. The Balaban J connectivity index is 1.53. The monoisotopic (exact) mass is 293 g/mol. The highest BCUT2D eigenvalue weighted by atomic mass is 19.4. The molecule has 2 aliphatic rings. The molecule has 1 unspecified atom stereocenters. The maximum atomic E-state index is 12.0. The molecule has 2 nitrogen and oxygen atoms in total. The van der Waals surface area contributed by atoms with Crippen molar-refractivity contribution in [2.75, 3.05) is 13.1 Å². The van der Waals surface area contributed by atoms with Crippen LogP contribution in [0.5, 0.6) is 0 Å². The van der Waals surface area contributed by atoms with E-state index in [1.807, 2.05) is 0 Å². The predicted octanol–water partition coefficient (Wildman–Crippen LogP) is 4.19. The van der Waals surface area contributed by atoms with E-state index in [2.05, 4.69) is 5.32 Å². The molecule has 20 heavy (non-hydrogen) atoms. The van der Waals surface area contributed by atoms with E-state index in [0.717, 1.165) is 19.4 Å². The fourth-order valence-corrected chi connectivity index (χ4v) is 3.44. The summed E-state index contributed by atoms with van der Waals surface area (Å²) in [5.74, 6) is 0. The van der Waals surface area contributed by atoms with Crippen LogP contribution >= 0.6 is 0 Å². The van der Waals surface area contributed by atoms with Gasteiger partial charge in [0, 0.05) is 13.0 Å². The Bertz CT molecular complexity index is 287. The van der Waals surface area contributed by atoms with Crippen LogP contribution in [0.15, 0.2) is 0 Å². The molecule has 1 heterocycles. The SMILES string of the molecule is FC(F)(F)CCCCNCC1CCC2(CCCCC2)O1. The standard InChI is InChI=1S/C15H26F3NO/c16-15(17,18)9-4-5-11-19-12-13-6-10-14(20-13)7-2-1-3-8-14/h13,19H,1-12H2. The average Bonchev–Trinajstić information content (AvgIpc) is 2.76. The van der Waals surface area contributed by atoms with Crippen LogP contribution in [0.25, 0.3) is 0 Å². The molecule has 0 aromatic heterocycles. The van der Waals surface area contributed by atoms with Crippen LogP contribution in [-0.2, 0) is 4.74 Å². The van der Waals surface area contributed by atoms with Gasteiger partial charge in [-0.25, -0.2) is 0 Å². The molecule has 1 spiro atoms. The summed E-state index contributed by atoms with van der Waals surface area (Å²) in [7, 11) is 0. The Hall–Kier alpha value is -0.290. The first-order valence-corrected chi connectivity index (χ1v) is 7.94. The summed E-state index contributed by atoms with van der Waals surface area (Å²) in [5, 5.41) is 3.24. The van der Waals surface area contributed by atoms with Gasteiger partial charge in [0.2, 0.25) is 0 Å². The van der Waals surface area contributed by atoms with Crippen molar-refractivity contribution in [1.29, 1.82) is 0 Å². The lowest BCUT2D eigenvalue weighted by molar-refractivity contribution is -0.135. The van der Waals surface area contributed by atoms with Gasteiger partial charge >= 0.3 is 6.18 Å². The summed E-state index contributed by atoms with van der Waals surface area (Å²) in [6.45, 7) is 1.44. The number of alkyl halides is 3. The first kappa shape index (κ1) is 16.1. The van der Waals surface area contributed by atoms with Crippen LogP contribution in [0.4, 0.5) is 13.2 Å². The quantitative estimate of drug-likeness (QED) is 0.741. The van der Waals surface area contributed by atoms with Gasteiger partial charge in [0.25, 0.3) is 0 Å². The third kappa shape index (κ3) is 5.24. The normalized spacial score (nSPS) is 26.2. The first-order chi connectivity index (χ1) is 9.49. The zero-order valence-electron chi connectivity index (χ0n) is 12.1. The molecule has 1 aliphatic carbocycles. The fraction of sp³-hybridized carbons (Fsp3) is 1.00. The van der Waals surface area contributed by atoms with Gasteiger partial charge in [-0.2, -0.15) is 13.2 Å². The molecule has 0 aromatic rings. The second-order valence-corrected chi connectivity index (χ2v) is 6.30. The highest BCUT2D eigenvalue weighted by molar-refractivity contribution is 4.91. The molecular weight excluding hydrogens is 267 g/mol. The van der Waals surface area contributed by atoms with Crippen molar-refractivity contribution in [1.82, 2.24) is 5.32 Å². The minimum atomic E-state index is -4.01. The number of halogens is 3. The van der Waals surface area contributed by atoms with E-state index < -0.39 is 12.6 Å². The molecule has 2 fully saturated rings. The number of unbranched alkanes of at least 4 members (excludes halogenated alkanes) is 1. The zero-order chi connectivity index (χ0) is 14.5. The van der Waals surface area contributed by atoms with E-state index in [4.69, 9.17) is 4.74 Å². The van der Waals surface area contributed by atoms with Gasteiger partial charge in [-0.1, -0.05) is 19.3 Å². The van der Waals surface area contributed by atoms with Gasteiger partial charge in [-0.15, -0.1) is 0 Å². The van der Waals surface area contributed by atoms with Gasteiger partial charge in [0.1, 0.15) is 0 Å². The lowest BCUT2D eigenvalue weighted by Gasteiger charge is -2.33. The topological polar surface area (TPSA) is 21.3 Å². The molecule has 1 aliphatic heterocycles. The van der Waals surface area contributed by atoms with Crippen molar-refractivity contribution in [2.24, 2.45) is 0 Å². The van der Waals surface area contributed by atoms with Gasteiger partial charge in [-0.05, 0) is 45.1 Å². The first-order valence-electron chi connectivity index (χ1n) is 7.94. The number of hydrogen-bond acceptors (Lipinski definition) is 2. The molecule has 1 saturated heterocycles. The number of rotatable bonds is 6.